The van der Waals surface area contributed by atoms with Gasteiger partial charge in [0.05, 0.1) is 5.69 Å². The molecule has 0 saturated carbocycles. The summed E-state index contributed by atoms with van der Waals surface area (Å²) in [5.74, 6) is -2.12. The lowest BCUT2D eigenvalue weighted by Crippen LogP contribution is -2.38. The van der Waals surface area contributed by atoms with E-state index in [1.54, 1.807) is 30.3 Å². The number of hydrogen-bond acceptors (Lipinski definition) is 7. The number of hydrogen-bond donors (Lipinski definition) is 1. The van der Waals surface area contributed by atoms with E-state index in [2.05, 4.69) is 30.8 Å². The van der Waals surface area contributed by atoms with E-state index in [4.69, 9.17) is 0 Å². The van der Waals surface area contributed by atoms with E-state index in [1.165, 1.54) is 4.63 Å². The minimum Gasteiger partial charge on any atom is -0.355 e. The summed E-state index contributed by atoms with van der Waals surface area (Å²) in [6.45, 7) is 1.32. The number of piperidine rings is 1. The Hall–Kier alpha value is -2.82. The summed E-state index contributed by atoms with van der Waals surface area (Å²) in [5.41, 5.74) is 0.990. The number of nitrogens with one attached hydrogen (secondary N) is 1. The molecule has 1 aromatic carbocycles. The van der Waals surface area contributed by atoms with Gasteiger partial charge in [0.15, 0.2) is 11.5 Å². The van der Waals surface area contributed by atoms with Crippen molar-refractivity contribution in [2.45, 2.75) is 23.5 Å². The Kier molecular flexibility index (Phi) is 5.33. The number of carbonyl (C=O) groups is 1. The molecule has 0 aliphatic carbocycles. The molecular formula is C17H17F2N7OS. The Labute approximate surface area is 163 Å². The molecule has 3 aromatic rings. The lowest BCUT2D eigenvalue weighted by atomic mass is 9.96. The van der Waals surface area contributed by atoms with Crippen LogP contribution in [0.1, 0.15) is 12.8 Å². The molecule has 0 atom stereocenters. The van der Waals surface area contributed by atoms with Crippen LogP contribution in [-0.4, -0.2) is 50.0 Å². The van der Waals surface area contributed by atoms with Gasteiger partial charge >= 0.3 is 0 Å². The third-order valence-corrected chi connectivity index (χ3v) is 5.39. The quantitative estimate of drug-likeness (QED) is 0.653. The zero-order valence-corrected chi connectivity index (χ0v) is 15.5. The highest BCUT2D eigenvalue weighted by atomic mass is 32.2. The first-order valence-electron chi connectivity index (χ1n) is 8.75. The van der Waals surface area contributed by atoms with Crippen molar-refractivity contribution >= 4 is 34.8 Å². The maximum Gasteiger partial charge on any atom is 0.288 e. The van der Waals surface area contributed by atoms with Gasteiger partial charge in [-0.15, -0.1) is 14.8 Å². The normalized spacial score (nSPS) is 15.3. The van der Waals surface area contributed by atoms with Crippen molar-refractivity contribution in [1.29, 1.82) is 0 Å². The van der Waals surface area contributed by atoms with Crippen LogP contribution in [0.5, 0.6) is 0 Å². The molecule has 28 heavy (non-hydrogen) atoms. The molecule has 0 unspecified atom stereocenters. The SMILES string of the molecule is O=C(Nc1ccccc1SC(F)F)C1CCN(c2ccc3nnnn3n2)CC1. The van der Waals surface area contributed by atoms with E-state index in [9.17, 15) is 13.6 Å². The number of nitrogens with zero attached hydrogens (tertiary/aromatic N) is 6. The summed E-state index contributed by atoms with van der Waals surface area (Å²) in [6.07, 6.45) is 1.29. The number of rotatable bonds is 5. The highest BCUT2D eigenvalue weighted by Gasteiger charge is 2.26. The van der Waals surface area contributed by atoms with Crippen LogP contribution in [0.3, 0.4) is 0 Å². The molecule has 0 spiro atoms. The third kappa shape index (κ3) is 4.03. The predicted octanol–water partition coefficient (Wildman–Crippen LogP) is 2.69. The second-order valence-corrected chi connectivity index (χ2v) is 7.38. The number of benzene rings is 1. The zero-order chi connectivity index (χ0) is 19.5. The summed E-state index contributed by atoms with van der Waals surface area (Å²) < 4.78 is 26.8. The molecule has 11 heteroatoms. The molecule has 1 fully saturated rings. The number of aromatic nitrogens is 5. The van der Waals surface area contributed by atoms with Gasteiger partial charge in [0.1, 0.15) is 0 Å². The Morgan fingerprint density at radius 2 is 1.96 bits per heavy atom. The van der Waals surface area contributed by atoms with Gasteiger partial charge in [0.25, 0.3) is 5.76 Å². The number of carbonyl (C=O) groups excluding carboxylic acids is 1. The maximum absolute atomic E-state index is 12.7. The number of anilines is 2. The number of halogens is 2. The molecule has 0 radical (unpaired) electrons. The third-order valence-electron chi connectivity index (χ3n) is 4.61. The summed E-state index contributed by atoms with van der Waals surface area (Å²) in [7, 11) is 0. The monoisotopic (exact) mass is 405 g/mol. The molecule has 0 bridgehead atoms. The average Bonchev–Trinajstić information content (AvgIpc) is 3.17. The van der Waals surface area contributed by atoms with Gasteiger partial charge < -0.3 is 10.2 Å². The fraction of sp³-hybridized carbons (Fsp3) is 0.353. The van der Waals surface area contributed by atoms with Crippen LogP contribution < -0.4 is 10.2 Å². The smallest absolute Gasteiger partial charge is 0.288 e. The minimum atomic E-state index is -2.54. The lowest BCUT2D eigenvalue weighted by molar-refractivity contribution is -0.120. The highest BCUT2D eigenvalue weighted by Crippen LogP contribution is 2.32. The first kappa shape index (κ1) is 18.5. The van der Waals surface area contributed by atoms with Gasteiger partial charge in [0.2, 0.25) is 5.91 Å². The number of para-hydroxylation sites is 1. The van der Waals surface area contributed by atoms with Crippen molar-refractivity contribution in [3.8, 4) is 0 Å². The van der Waals surface area contributed by atoms with Gasteiger partial charge in [-0.1, -0.05) is 23.9 Å². The standard InChI is InChI=1S/C17H17F2N7OS/c18-17(19)28-13-4-2-1-3-12(13)20-16(27)11-7-9-25(10-8-11)15-6-5-14-21-23-24-26(14)22-15/h1-6,11,17H,7-10H2,(H,20,27). The fourth-order valence-electron chi connectivity index (χ4n) is 3.18. The number of amides is 1. The van der Waals surface area contributed by atoms with Crippen LogP contribution in [-0.2, 0) is 4.79 Å². The Balaban J connectivity index is 1.38. The lowest BCUT2D eigenvalue weighted by Gasteiger charge is -2.32. The maximum atomic E-state index is 12.7. The highest BCUT2D eigenvalue weighted by molar-refractivity contribution is 7.99. The first-order valence-corrected chi connectivity index (χ1v) is 9.63. The van der Waals surface area contributed by atoms with E-state index in [-0.39, 0.29) is 11.8 Å². The predicted molar refractivity (Wildman–Crippen MR) is 100 cm³/mol. The molecule has 1 amide bonds. The van der Waals surface area contributed by atoms with Crippen LogP contribution in [0.15, 0.2) is 41.3 Å². The van der Waals surface area contributed by atoms with Gasteiger partial charge in [-0.05, 0) is 47.5 Å². The molecular weight excluding hydrogens is 388 g/mol. The molecule has 1 saturated heterocycles. The molecule has 1 N–H and O–H groups in total. The van der Waals surface area contributed by atoms with E-state index in [0.717, 1.165) is 5.82 Å². The van der Waals surface area contributed by atoms with Crippen molar-refractivity contribution in [2.24, 2.45) is 5.92 Å². The average molecular weight is 405 g/mol. The molecule has 3 heterocycles. The number of thioether (sulfide) groups is 1. The van der Waals surface area contributed by atoms with E-state index < -0.39 is 5.76 Å². The second kappa shape index (κ2) is 8.05. The Morgan fingerprint density at radius 3 is 2.75 bits per heavy atom. The van der Waals surface area contributed by atoms with Crippen LogP contribution >= 0.6 is 11.8 Å². The first-order chi connectivity index (χ1) is 13.6. The van der Waals surface area contributed by atoms with E-state index in [0.29, 0.717) is 53.9 Å². The van der Waals surface area contributed by atoms with Crippen molar-refractivity contribution in [2.75, 3.05) is 23.3 Å². The van der Waals surface area contributed by atoms with Gasteiger partial charge in [-0.2, -0.15) is 8.78 Å². The van der Waals surface area contributed by atoms with Crippen molar-refractivity contribution in [1.82, 2.24) is 25.3 Å². The van der Waals surface area contributed by atoms with Crippen LogP contribution in [0, 0.1) is 5.92 Å². The summed E-state index contributed by atoms with van der Waals surface area (Å²) in [6, 6.07) is 10.3. The number of fused-ring (bicyclic) bond motifs is 1. The van der Waals surface area contributed by atoms with Gasteiger partial charge in [0, 0.05) is 23.9 Å². The summed E-state index contributed by atoms with van der Waals surface area (Å²) in [5, 5.41) is 18.4. The van der Waals surface area contributed by atoms with Crippen LogP contribution in [0.25, 0.3) is 5.65 Å². The summed E-state index contributed by atoms with van der Waals surface area (Å²) >= 11 is 0.430. The zero-order valence-electron chi connectivity index (χ0n) is 14.7. The van der Waals surface area contributed by atoms with Gasteiger partial charge in [-0.3, -0.25) is 4.79 Å². The van der Waals surface area contributed by atoms with E-state index in [1.807, 2.05) is 6.07 Å². The second-order valence-electron chi connectivity index (χ2n) is 6.34. The Morgan fingerprint density at radius 1 is 1.18 bits per heavy atom. The molecule has 4 rings (SSSR count). The summed E-state index contributed by atoms with van der Waals surface area (Å²) in [4.78, 5) is 15.1. The molecule has 2 aromatic heterocycles. The Bertz CT molecular complexity index is 975. The van der Waals surface area contributed by atoms with Crippen LogP contribution in [0.2, 0.25) is 0 Å². The van der Waals surface area contributed by atoms with E-state index >= 15 is 0 Å². The fourth-order valence-corrected chi connectivity index (χ4v) is 3.78. The topological polar surface area (TPSA) is 88.3 Å². The number of alkyl halides is 2. The van der Waals surface area contributed by atoms with Crippen molar-refractivity contribution in [3.63, 3.8) is 0 Å². The van der Waals surface area contributed by atoms with Crippen molar-refractivity contribution in [3.05, 3.63) is 36.4 Å². The van der Waals surface area contributed by atoms with Crippen LogP contribution in [0.4, 0.5) is 20.3 Å². The molecule has 1 aliphatic heterocycles. The van der Waals surface area contributed by atoms with Gasteiger partial charge in [-0.25, -0.2) is 0 Å². The molecule has 146 valence electrons. The molecule has 8 nitrogen and oxygen atoms in total. The van der Waals surface area contributed by atoms with Crippen molar-refractivity contribution < 1.29 is 13.6 Å². The number of tetrazole rings is 1. The largest absolute Gasteiger partial charge is 0.355 e. The molecule has 1 aliphatic rings. The minimum absolute atomic E-state index is 0.147.